The van der Waals surface area contributed by atoms with Gasteiger partial charge in [0.1, 0.15) is 10.8 Å². The van der Waals surface area contributed by atoms with Gasteiger partial charge in [-0.2, -0.15) is 5.10 Å². The number of benzene rings is 1. The number of rotatable bonds is 2. The summed E-state index contributed by atoms with van der Waals surface area (Å²) in [7, 11) is 0. The zero-order chi connectivity index (χ0) is 19.3. The molecule has 3 aromatic heterocycles. The second-order valence-electron chi connectivity index (χ2n) is 6.84. The second-order valence-corrected chi connectivity index (χ2v) is 7.22. The van der Waals surface area contributed by atoms with Crippen molar-refractivity contribution >= 4 is 39.9 Å². The molecule has 8 heteroatoms. The van der Waals surface area contributed by atoms with Crippen LogP contribution in [0.5, 0.6) is 0 Å². The molecule has 1 amide bonds. The minimum atomic E-state index is -0.0765. The van der Waals surface area contributed by atoms with Crippen molar-refractivity contribution in [2.75, 3.05) is 31.1 Å². The molecule has 0 aliphatic carbocycles. The Hall–Kier alpha value is -3.06. The molecule has 0 saturated carbocycles. The predicted octanol–water partition coefficient (Wildman–Crippen LogP) is 3.40. The Kier molecular flexibility index (Phi) is 3.98. The van der Waals surface area contributed by atoms with E-state index in [4.69, 9.17) is 21.0 Å². The maximum atomic E-state index is 12.5. The molecule has 1 fully saturated rings. The van der Waals surface area contributed by atoms with Gasteiger partial charge in [0.25, 0.3) is 5.91 Å². The van der Waals surface area contributed by atoms with E-state index in [0.29, 0.717) is 42.6 Å². The molecular weight excluding hydrogens is 378 g/mol. The van der Waals surface area contributed by atoms with Gasteiger partial charge in [-0.05, 0) is 31.2 Å². The molecular formula is C20H18ClN5O2. The second kappa shape index (κ2) is 6.53. The topological polar surface area (TPSA) is 66.9 Å². The molecule has 0 spiro atoms. The Labute approximate surface area is 166 Å². The molecule has 7 nitrogen and oxygen atoms in total. The van der Waals surface area contributed by atoms with Crippen molar-refractivity contribution in [2.24, 2.45) is 0 Å². The number of aromatic nitrogens is 3. The van der Waals surface area contributed by atoms with Crippen molar-refractivity contribution in [1.29, 1.82) is 0 Å². The van der Waals surface area contributed by atoms with E-state index in [1.165, 1.54) is 6.26 Å². The quantitative estimate of drug-likeness (QED) is 0.520. The molecule has 0 atom stereocenters. The highest BCUT2D eigenvalue weighted by Gasteiger charge is 2.26. The molecule has 0 N–H and O–H groups in total. The number of carbonyl (C=O) groups is 1. The van der Waals surface area contributed by atoms with Crippen LogP contribution in [0.25, 0.3) is 16.6 Å². The fraction of sp³-hybridized carbons (Fsp3) is 0.250. The standard InChI is InChI=1S/C20H18ClN5O2/c1-13-17(21)19-22-18(14-5-2-3-6-15(14)26(19)23-13)24-8-10-25(11-9-24)20(27)16-7-4-12-28-16/h2-7,12H,8-11H2,1H3. The zero-order valence-electron chi connectivity index (χ0n) is 15.3. The van der Waals surface area contributed by atoms with Gasteiger partial charge in [0, 0.05) is 31.6 Å². The van der Waals surface area contributed by atoms with E-state index in [1.807, 2.05) is 36.1 Å². The number of piperazine rings is 1. The molecule has 0 unspecified atom stereocenters. The molecule has 1 aliphatic heterocycles. The number of furan rings is 1. The largest absolute Gasteiger partial charge is 0.459 e. The zero-order valence-corrected chi connectivity index (χ0v) is 16.1. The van der Waals surface area contributed by atoms with Gasteiger partial charge in [0.2, 0.25) is 0 Å². The molecule has 5 rings (SSSR count). The Morgan fingerprint density at radius 2 is 1.89 bits per heavy atom. The maximum absolute atomic E-state index is 12.5. The maximum Gasteiger partial charge on any atom is 0.289 e. The lowest BCUT2D eigenvalue weighted by Crippen LogP contribution is -2.49. The van der Waals surface area contributed by atoms with Crippen LogP contribution in [0.1, 0.15) is 16.2 Å². The first kappa shape index (κ1) is 17.1. The summed E-state index contributed by atoms with van der Waals surface area (Å²) in [6.45, 7) is 4.46. The Bertz CT molecular complexity index is 1180. The summed E-state index contributed by atoms with van der Waals surface area (Å²) in [5, 5.41) is 6.11. The highest BCUT2D eigenvalue weighted by molar-refractivity contribution is 6.34. The van der Waals surface area contributed by atoms with Crippen LogP contribution in [0.2, 0.25) is 5.02 Å². The third kappa shape index (κ3) is 2.62. The molecule has 1 aromatic carbocycles. The number of nitrogens with zero attached hydrogens (tertiary/aromatic N) is 5. The van der Waals surface area contributed by atoms with E-state index in [9.17, 15) is 4.79 Å². The lowest BCUT2D eigenvalue weighted by molar-refractivity contribution is 0.0714. The van der Waals surface area contributed by atoms with Crippen LogP contribution in [0.4, 0.5) is 5.82 Å². The SMILES string of the molecule is Cc1nn2c(nc(N3CCN(C(=O)c4ccco4)CC3)c3ccccc32)c1Cl. The average molecular weight is 396 g/mol. The van der Waals surface area contributed by atoms with Gasteiger partial charge in [-0.1, -0.05) is 23.7 Å². The van der Waals surface area contributed by atoms with E-state index in [0.717, 1.165) is 22.4 Å². The molecule has 1 saturated heterocycles. The van der Waals surface area contributed by atoms with Crippen LogP contribution < -0.4 is 4.90 Å². The number of aryl methyl sites for hydroxylation is 1. The van der Waals surface area contributed by atoms with E-state index < -0.39 is 0 Å². The summed E-state index contributed by atoms with van der Waals surface area (Å²) < 4.78 is 7.04. The van der Waals surface area contributed by atoms with Crippen molar-refractivity contribution in [3.63, 3.8) is 0 Å². The van der Waals surface area contributed by atoms with Crippen LogP contribution in [-0.2, 0) is 0 Å². The van der Waals surface area contributed by atoms with Crippen LogP contribution in [0, 0.1) is 6.92 Å². The number of hydrogen-bond donors (Lipinski definition) is 0. The lowest BCUT2D eigenvalue weighted by Gasteiger charge is -2.35. The number of halogens is 1. The molecule has 0 bridgehead atoms. The van der Waals surface area contributed by atoms with Gasteiger partial charge in [-0.3, -0.25) is 4.79 Å². The fourth-order valence-electron chi connectivity index (χ4n) is 3.69. The van der Waals surface area contributed by atoms with Crippen molar-refractivity contribution < 1.29 is 9.21 Å². The van der Waals surface area contributed by atoms with E-state index in [1.54, 1.807) is 16.6 Å². The fourth-order valence-corrected chi connectivity index (χ4v) is 3.85. The van der Waals surface area contributed by atoms with Gasteiger partial charge in [-0.25, -0.2) is 9.50 Å². The molecule has 0 radical (unpaired) electrons. The summed E-state index contributed by atoms with van der Waals surface area (Å²) >= 11 is 6.45. The predicted molar refractivity (Wildman–Crippen MR) is 107 cm³/mol. The Morgan fingerprint density at radius 3 is 2.64 bits per heavy atom. The summed E-state index contributed by atoms with van der Waals surface area (Å²) in [5.74, 6) is 1.17. The molecule has 28 heavy (non-hydrogen) atoms. The average Bonchev–Trinajstić information content (AvgIpc) is 3.36. The number of fused-ring (bicyclic) bond motifs is 3. The van der Waals surface area contributed by atoms with Gasteiger partial charge in [0.05, 0.1) is 17.5 Å². The lowest BCUT2D eigenvalue weighted by atomic mass is 10.2. The summed E-state index contributed by atoms with van der Waals surface area (Å²) in [6.07, 6.45) is 1.52. The Morgan fingerprint density at radius 1 is 1.11 bits per heavy atom. The number of amides is 1. The number of anilines is 1. The molecule has 4 aromatic rings. The number of hydrogen-bond acceptors (Lipinski definition) is 5. The van der Waals surface area contributed by atoms with Crippen LogP contribution in [0.3, 0.4) is 0 Å². The number of carbonyl (C=O) groups excluding carboxylic acids is 1. The highest BCUT2D eigenvalue weighted by atomic mass is 35.5. The van der Waals surface area contributed by atoms with Crippen molar-refractivity contribution in [3.8, 4) is 0 Å². The summed E-state index contributed by atoms with van der Waals surface area (Å²) in [4.78, 5) is 21.4. The molecule has 4 heterocycles. The van der Waals surface area contributed by atoms with E-state index in [-0.39, 0.29) is 5.91 Å². The minimum Gasteiger partial charge on any atom is -0.459 e. The van der Waals surface area contributed by atoms with Crippen LogP contribution in [0.15, 0.2) is 47.1 Å². The van der Waals surface area contributed by atoms with Crippen molar-refractivity contribution in [2.45, 2.75) is 6.92 Å². The Balaban J connectivity index is 1.50. The normalized spacial score (nSPS) is 14.9. The third-order valence-electron chi connectivity index (χ3n) is 5.15. The van der Waals surface area contributed by atoms with E-state index in [2.05, 4.69) is 10.00 Å². The summed E-state index contributed by atoms with van der Waals surface area (Å²) in [5.41, 5.74) is 2.37. The van der Waals surface area contributed by atoms with Crippen LogP contribution >= 0.6 is 11.6 Å². The van der Waals surface area contributed by atoms with Crippen LogP contribution in [-0.4, -0.2) is 51.6 Å². The van der Waals surface area contributed by atoms with Crippen molar-refractivity contribution in [1.82, 2.24) is 19.5 Å². The van der Waals surface area contributed by atoms with Crippen molar-refractivity contribution in [3.05, 3.63) is 59.1 Å². The first-order valence-corrected chi connectivity index (χ1v) is 9.52. The number of para-hydroxylation sites is 1. The van der Waals surface area contributed by atoms with Gasteiger partial charge in [0.15, 0.2) is 11.4 Å². The first-order chi connectivity index (χ1) is 13.6. The highest BCUT2D eigenvalue weighted by Crippen LogP contribution is 2.30. The molecule has 142 valence electrons. The third-order valence-corrected chi connectivity index (χ3v) is 5.59. The van der Waals surface area contributed by atoms with Gasteiger partial charge >= 0.3 is 0 Å². The molecule has 1 aliphatic rings. The minimum absolute atomic E-state index is 0.0765. The van der Waals surface area contributed by atoms with Gasteiger partial charge in [-0.15, -0.1) is 0 Å². The smallest absolute Gasteiger partial charge is 0.289 e. The first-order valence-electron chi connectivity index (χ1n) is 9.15. The van der Waals surface area contributed by atoms with Gasteiger partial charge < -0.3 is 14.2 Å². The monoisotopic (exact) mass is 395 g/mol. The van der Waals surface area contributed by atoms with E-state index >= 15 is 0 Å². The summed E-state index contributed by atoms with van der Waals surface area (Å²) in [6, 6.07) is 11.5.